The Hall–Kier alpha value is -1.75. The summed E-state index contributed by atoms with van der Waals surface area (Å²) in [6.07, 6.45) is 4.85. The molecule has 0 spiro atoms. The van der Waals surface area contributed by atoms with Gasteiger partial charge in [-0.2, -0.15) is 0 Å². The predicted octanol–water partition coefficient (Wildman–Crippen LogP) is 2.09. The number of thiazole rings is 1. The first-order chi connectivity index (χ1) is 9.16. The molecule has 0 aromatic carbocycles. The normalized spacial score (nSPS) is 10.4. The largest absolute Gasteiger partial charge is 0.345 e. The molecule has 0 fully saturated rings. The number of amides is 1. The van der Waals surface area contributed by atoms with Crippen molar-refractivity contribution in [3.05, 3.63) is 46.2 Å². The van der Waals surface area contributed by atoms with Crippen molar-refractivity contribution in [3.63, 3.8) is 0 Å². The first-order valence-corrected chi connectivity index (χ1v) is 7.06. The zero-order chi connectivity index (χ0) is 13.7. The lowest BCUT2D eigenvalue weighted by molar-refractivity contribution is -0.129. The number of nitrogens with zero attached hydrogens (tertiary/aromatic N) is 3. The highest BCUT2D eigenvalue weighted by atomic mass is 32.1. The maximum Gasteiger partial charge on any atom is 0.227 e. The molecular formula is C14H17N3OS. The minimum Gasteiger partial charge on any atom is -0.345 e. The number of carbonyl (C=O) groups excluding carboxylic acids is 1. The third-order valence-corrected chi connectivity index (χ3v) is 4.00. The molecule has 0 saturated carbocycles. The Balaban J connectivity index is 1.84. The fourth-order valence-electron chi connectivity index (χ4n) is 1.74. The van der Waals surface area contributed by atoms with Crippen LogP contribution in [0.1, 0.15) is 16.1 Å². The number of carbonyl (C=O) groups is 1. The molecule has 0 bridgehead atoms. The van der Waals surface area contributed by atoms with Crippen molar-refractivity contribution in [2.75, 3.05) is 13.6 Å². The molecular weight excluding hydrogens is 258 g/mol. The van der Waals surface area contributed by atoms with E-state index in [1.807, 2.05) is 26.1 Å². The van der Waals surface area contributed by atoms with Gasteiger partial charge in [0.1, 0.15) is 0 Å². The summed E-state index contributed by atoms with van der Waals surface area (Å²) in [6, 6.07) is 3.96. The van der Waals surface area contributed by atoms with Crippen molar-refractivity contribution in [1.82, 2.24) is 14.9 Å². The Morgan fingerprint density at radius 2 is 2.11 bits per heavy atom. The summed E-state index contributed by atoms with van der Waals surface area (Å²) in [5.74, 6) is 0.140. The highest BCUT2D eigenvalue weighted by Gasteiger charge is 2.12. The molecule has 2 heterocycles. The Bertz CT molecular complexity index is 539. The standard InChI is InChI=1S/C14H17N3OS/c1-11-13(19-10-16-11)9-14(18)17(2)8-5-12-3-6-15-7-4-12/h3-4,6-7,10H,5,8-9H2,1-2H3. The molecule has 4 nitrogen and oxygen atoms in total. The maximum atomic E-state index is 12.1. The van der Waals surface area contributed by atoms with Crippen molar-refractivity contribution in [3.8, 4) is 0 Å². The minimum atomic E-state index is 0.140. The first kappa shape index (κ1) is 13.7. The third-order valence-electron chi connectivity index (χ3n) is 3.07. The average Bonchev–Trinajstić information content (AvgIpc) is 2.82. The topological polar surface area (TPSA) is 46.1 Å². The fraction of sp³-hybridized carbons (Fsp3) is 0.357. The van der Waals surface area contributed by atoms with Crippen molar-refractivity contribution < 1.29 is 4.79 Å². The van der Waals surface area contributed by atoms with Gasteiger partial charge in [0.05, 0.1) is 17.6 Å². The van der Waals surface area contributed by atoms with Crippen molar-refractivity contribution in [1.29, 1.82) is 0 Å². The molecule has 100 valence electrons. The molecule has 2 aromatic rings. The van der Waals surface area contributed by atoms with Crippen LogP contribution in [0.3, 0.4) is 0 Å². The molecule has 0 aliphatic heterocycles. The van der Waals surface area contributed by atoms with E-state index in [0.29, 0.717) is 6.42 Å². The van der Waals surface area contributed by atoms with Gasteiger partial charge in [0.25, 0.3) is 0 Å². The van der Waals surface area contributed by atoms with E-state index in [1.54, 1.807) is 34.1 Å². The van der Waals surface area contributed by atoms with Crippen LogP contribution in [0.25, 0.3) is 0 Å². The van der Waals surface area contributed by atoms with Gasteiger partial charge in [-0.15, -0.1) is 11.3 Å². The smallest absolute Gasteiger partial charge is 0.227 e. The number of hydrogen-bond acceptors (Lipinski definition) is 4. The second-order valence-corrected chi connectivity index (χ2v) is 5.40. The summed E-state index contributed by atoms with van der Waals surface area (Å²) in [7, 11) is 1.85. The molecule has 2 rings (SSSR count). The highest BCUT2D eigenvalue weighted by Crippen LogP contribution is 2.13. The monoisotopic (exact) mass is 275 g/mol. The minimum absolute atomic E-state index is 0.140. The van der Waals surface area contributed by atoms with Crippen molar-refractivity contribution in [2.45, 2.75) is 19.8 Å². The van der Waals surface area contributed by atoms with Gasteiger partial charge in [-0.1, -0.05) is 0 Å². The summed E-state index contributed by atoms with van der Waals surface area (Å²) in [5, 5.41) is 0. The van der Waals surface area contributed by atoms with E-state index >= 15 is 0 Å². The zero-order valence-corrected chi connectivity index (χ0v) is 12.0. The van der Waals surface area contributed by atoms with Crippen LogP contribution in [0.2, 0.25) is 0 Å². The molecule has 0 unspecified atom stereocenters. The van der Waals surface area contributed by atoms with Gasteiger partial charge >= 0.3 is 0 Å². The Labute approximate surface area is 117 Å². The Morgan fingerprint density at radius 3 is 2.74 bits per heavy atom. The molecule has 0 radical (unpaired) electrons. The van der Waals surface area contributed by atoms with Gasteiger partial charge in [-0.25, -0.2) is 4.98 Å². The van der Waals surface area contributed by atoms with E-state index in [4.69, 9.17) is 0 Å². The second kappa shape index (κ2) is 6.43. The summed E-state index contributed by atoms with van der Waals surface area (Å²) >= 11 is 1.54. The van der Waals surface area contributed by atoms with Crippen molar-refractivity contribution in [2.24, 2.45) is 0 Å². The molecule has 0 atom stereocenters. The molecule has 0 aliphatic carbocycles. The summed E-state index contributed by atoms with van der Waals surface area (Å²) in [4.78, 5) is 23.1. The summed E-state index contributed by atoms with van der Waals surface area (Å²) < 4.78 is 0. The number of likely N-dealkylation sites (N-methyl/N-ethyl adjacent to an activating group) is 1. The van der Waals surface area contributed by atoms with Crippen LogP contribution >= 0.6 is 11.3 Å². The second-order valence-electron chi connectivity index (χ2n) is 4.46. The lowest BCUT2D eigenvalue weighted by atomic mass is 10.2. The van der Waals surface area contributed by atoms with E-state index in [1.165, 1.54) is 5.56 Å². The van der Waals surface area contributed by atoms with E-state index < -0.39 is 0 Å². The predicted molar refractivity (Wildman–Crippen MR) is 76.1 cm³/mol. The lowest BCUT2D eigenvalue weighted by Crippen LogP contribution is -2.30. The number of aromatic nitrogens is 2. The molecule has 2 aromatic heterocycles. The number of pyridine rings is 1. The van der Waals surface area contributed by atoms with Crippen LogP contribution in [-0.2, 0) is 17.6 Å². The van der Waals surface area contributed by atoms with Gasteiger partial charge in [0.15, 0.2) is 0 Å². The van der Waals surface area contributed by atoms with Gasteiger partial charge in [0.2, 0.25) is 5.91 Å². The number of rotatable bonds is 5. The lowest BCUT2D eigenvalue weighted by Gasteiger charge is -2.16. The van der Waals surface area contributed by atoms with Gasteiger partial charge in [-0.05, 0) is 31.0 Å². The summed E-state index contributed by atoms with van der Waals surface area (Å²) in [5.41, 5.74) is 3.94. The fourth-order valence-corrected chi connectivity index (χ4v) is 2.51. The van der Waals surface area contributed by atoms with Crippen LogP contribution < -0.4 is 0 Å². The summed E-state index contributed by atoms with van der Waals surface area (Å²) in [6.45, 7) is 2.66. The van der Waals surface area contributed by atoms with Crippen LogP contribution in [0.15, 0.2) is 30.0 Å². The van der Waals surface area contributed by atoms with Crippen LogP contribution in [-0.4, -0.2) is 34.4 Å². The van der Waals surface area contributed by atoms with E-state index in [-0.39, 0.29) is 5.91 Å². The van der Waals surface area contributed by atoms with Crippen LogP contribution in [0.5, 0.6) is 0 Å². The van der Waals surface area contributed by atoms with Gasteiger partial charge < -0.3 is 4.90 Å². The Kier molecular flexibility index (Phi) is 4.63. The van der Waals surface area contributed by atoms with Gasteiger partial charge in [0, 0.05) is 30.9 Å². The molecule has 1 amide bonds. The number of aryl methyl sites for hydroxylation is 1. The molecule has 0 aliphatic rings. The zero-order valence-electron chi connectivity index (χ0n) is 11.2. The molecule has 5 heteroatoms. The molecule has 0 saturated heterocycles. The van der Waals surface area contributed by atoms with Crippen LogP contribution in [0.4, 0.5) is 0 Å². The molecule has 19 heavy (non-hydrogen) atoms. The van der Waals surface area contributed by atoms with E-state index in [9.17, 15) is 4.79 Å². The number of hydrogen-bond donors (Lipinski definition) is 0. The molecule has 0 N–H and O–H groups in total. The Morgan fingerprint density at radius 1 is 1.37 bits per heavy atom. The maximum absolute atomic E-state index is 12.1. The van der Waals surface area contributed by atoms with Crippen LogP contribution in [0, 0.1) is 6.92 Å². The average molecular weight is 275 g/mol. The van der Waals surface area contributed by atoms with Gasteiger partial charge in [-0.3, -0.25) is 9.78 Å². The van der Waals surface area contributed by atoms with Crippen molar-refractivity contribution >= 4 is 17.2 Å². The van der Waals surface area contributed by atoms with E-state index in [0.717, 1.165) is 23.5 Å². The quantitative estimate of drug-likeness (QED) is 0.839. The SMILES string of the molecule is Cc1ncsc1CC(=O)N(C)CCc1ccncc1. The third kappa shape index (κ3) is 3.86. The van der Waals surface area contributed by atoms with E-state index in [2.05, 4.69) is 9.97 Å². The first-order valence-electron chi connectivity index (χ1n) is 6.18. The highest BCUT2D eigenvalue weighted by molar-refractivity contribution is 7.09.